The number of nitrogens with zero attached hydrogens (tertiary/aromatic N) is 3. The molecule has 0 bridgehead atoms. The summed E-state index contributed by atoms with van der Waals surface area (Å²) >= 11 is 0. The topological polar surface area (TPSA) is 64.8 Å². The Morgan fingerprint density at radius 2 is 1.86 bits per heavy atom. The zero-order valence-electron chi connectivity index (χ0n) is 10.2. The predicted octanol–water partition coefficient (Wildman–Crippen LogP) is 2.39. The Bertz CT molecular complexity index is 798. The zero-order valence-corrected chi connectivity index (χ0v) is 11.0. The van der Waals surface area contributed by atoms with Crippen LogP contribution in [0, 0.1) is 12.7 Å². The van der Waals surface area contributed by atoms with Crippen LogP contribution >= 0.6 is 0 Å². The summed E-state index contributed by atoms with van der Waals surface area (Å²) in [4.78, 5) is 2.08. The number of hydrogen-bond donors (Lipinski definition) is 0. The second-order valence-electron chi connectivity index (χ2n) is 4.02. The van der Waals surface area contributed by atoms with Crippen LogP contribution in [0.3, 0.4) is 0 Å². The lowest BCUT2D eigenvalue weighted by Gasteiger charge is -2.07. The van der Waals surface area contributed by atoms with Gasteiger partial charge in [-0.25, -0.2) is 14.1 Å². The molecule has 21 heavy (non-hydrogen) atoms. The fourth-order valence-corrected chi connectivity index (χ4v) is 2.29. The Morgan fingerprint density at radius 3 is 2.33 bits per heavy atom. The van der Waals surface area contributed by atoms with E-state index in [1.807, 2.05) is 0 Å². The first-order valence-corrected chi connectivity index (χ1v) is 6.62. The van der Waals surface area contributed by atoms with Crippen molar-refractivity contribution in [2.75, 3.05) is 0 Å². The molecule has 1 aromatic heterocycles. The van der Waals surface area contributed by atoms with Crippen molar-refractivity contribution in [3.05, 3.63) is 35.7 Å². The summed E-state index contributed by atoms with van der Waals surface area (Å²) in [6.07, 6.45) is -4.30. The molecule has 0 aliphatic rings. The second-order valence-corrected chi connectivity index (χ2v) is 5.33. The van der Waals surface area contributed by atoms with Crippen LogP contribution in [0.15, 0.2) is 23.4 Å². The molecule has 11 heteroatoms. The molecule has 0 spiro atoms. The minimum atomic E-state index is -5.15. The highest BCUT2D eigenvalue weighted by molar-refractivity contribution is 7.86. The Labute approximate surface area is 115 Å². The summed E-state index contributed by atoms with van der Waals surface area (Å²) in [5.74, 6) is -2.61. The standard InChI is InChI=1S/C10H6F5N3O2S/c1-5-2-6(11)7(3-8(5)21(15,19)20)18-4-16-9(17-18)10(12,13)14/h2-4H,1H3. The van der Waals surface area contributed by atoms with Gasteiger partial charge in [0.15, 0.2) is 0 Å². The van der Waals surface area contributed by atoms with Crippen molar-refractivity contribution >= 4 is 10.2 Å². The van der Waals surface area contributed by atoms with Gasteiger partial charge in [-0.2, -0.15) is 21.6 Å². The van der Waals surface area contributed by atoms with Crippen molar-refractivity contribution in [3.8, 4) is 5.69 Å². The molecule has 0 radical (unpaired) electrons. The molecular weight excluding hydrogens is 321 g/mol. The molecular formula is C10H6F5N3O2S. The number of halogens is 5. The van der Waals surface area contributed by atoms with Crippen LogP contribution in [0.25, 0.3) is 5.69 Å². The molecule has 0 amide bonds. The van der Waals surface area contributed by atoms with Gasteiger partial charge in [-0.05, 0) is 24.6 Å². The van der Waals surface area contributed by atoms with Gasteiger partial charge in [0.25, 0.3) is 5.82 Å². The van der Waals surface area contributed by atoms with Crippen LogP contribution in [0.4, 0.5) is 21.4 Å². The molecule has 0 N–H and O–H groups in total. The number of hydrogen-bond acceptors (Lipinski definition) is 4. The second kappa shape index (κ2) is 4.76. The van der Waals surface area contributed by atoms with Crippen LogP contribution in [0.2, 0.25) is 0 Å². The first kappa shape index (κ1) is 15.4. The van der Waals surface area contributed by atoms with Gasteiger partial charge in [0.05, 0.1) is 0 Å². The van der Waals surface area contributed by atoms with Crippen molar-refractivity contribution < 1.29 is 29.9 Å². The summed E-state index contributed by atoms with van der Waals surface area (Å²) in [7, 11) is -5.15. The Kier molecular flexibility index (Phi) is 3.48. The summed E-state index contributed by atoms with van der Waals surface area (Å²) in [5.41, 5.74) is -0.894. The molecule has 2 rings (SSSR count). The van der Waals surface area contributed by atoms with E-state index in [4.69, 9.17) is 0 Å². The lowest BCUT2D eigenvalue weighted by Crippen LogP contribution is -2.09. The maximum absolute atomic E-state index is 13.7. The Morgan fingerprint density at radius 1 is 1.24 bits per heavy atom. The summed E-state index contributed by atoms with van der Waals surface area (Å²) in [6, 6.07) is 1.23. The third-order valence-corrected chi connectivity index (χ3v) is 3.46. The van der Waals surface area contributed by atoms with E-state index in [2.05, 4.69) is 10.1 Å². The third-order valence-electron chi connectivity index (χ3n) is 2.50. The molecule has 2 aromatic rings. The first-order chi connectivity index (χ1) is 9.50. The van der Waals surface area contributed by atoms with Gasteiger partial charge < -0.3 is 0 Å². The van der Waals surface area contributed by atoms with E-state index in [1.165, 1.54) is 0 Å². The fourth-order valence-electron chi connectivity index (χ4n) is 1.59. The van der Waals surface area contributed by atoms with Crippen molar-refractivity contribution in [1.82, 2.24) is 14.8 Å². The maximum Gasteiger partial charge on any atom is 0.453 e. The molecule has 0 saturated heterocycles. The summed E-state index contributed by atoms with van der Waals surface area (Å²) < 4.78 is 86.0. The van der Waals surface area contributed by atoms with Crippen LogP contribution in [0.1, 0.15) is 11.4 Å². The van der Waals surface area contributed by atoms with Gasteiger partial charge >= 0.3 is 16.4 Å². The normalized spacial score (nSPS) is 12.7. The first-order valence-electron chi connectivity index (χ1n) is 5.24. The van der Waals surface area contributed by atoms with Crippen molar-refractivity contribution in [3.63, 3.8) is 0 Å². The van der Waals surface area contributed by atoms with Gasteiger partial charge in [0, 0.05) is 0 Å². The highest BCUT2D eigenvalue weighted by Crippen LogP contribution is 2.27. The van der Waals surface area contributed by atoms with Gasteiger partial charge in [0.2, 0.25) is 0 Å². The van der Waals surface area contributed by atoms with Crippen LogP contribution in [-0.2, 0) is 16.4 Å². The monoisotopic (exact) mass is 327 g/mol. The number of aromatic nitrogens is 3. The molecule has 1 heterocycles. The van der Waals surface area contributed by atoms with E-state index in [0.29, 0.717) is 23.1 Å². The average Bonchev–Trinajstić information content (AvgIpc) is 2.75. The molecule has 0 aliphatic carbocycles. The number of rotatable bonds is 2. The molecule has 0 fully saturated rings. The minimum absolute atomic E-state index is 0.227. The van der Waals surface area contributed by atoms with E-state index in [1.54, 1.807) is 0 Å². The van der Waals surface area contributed by atoms with Gasteiger partial charge in [-0.1, -0.05) is 0 Å². The number of aryl methyl sites for hydroxylation is 1. The van der Waals surface area contributed by atoms with Crippen molar-refractivity contribution in [2.45, 2.75) is 18.0 Å². The SMILES string of the molecule is Cc1cc(F)c(-n2cnc(C(F)(F)F)n2)cc1S(=O)(=O)F. The molecule has 0 unspecified atom stereocenters. The molecule has 0 atom stereocenters. The highest BCUT2D eigenvalue weighted by atomic mass is 32.3. The molecule has 1 aromatic carbocycles. The van der Waals surface area contributed by atoms with E-state index in [9.17, 15) is 29.9 Å². The minimum Gasteiger partial charge on any atom is -0.217 e. The molecule has 5 nitrogen and oxygen atoms in total. The molecule has 0 saturated carbocycles. The van der Waals surface area contributed by atoms with Crippen molar-refractivity contribution in [2.24, 2.45) is 0 Å². The largest absolute Gasteiger partial charge is 0.453 e. The Hall–Kier alpha value is -2.04. The van der Waals surface area contributed by atoms with Crippen LogP contribution < -0.4 is 0 Å². The quantitative estimate of drug-likeness (QED) is 0.627. The van der Waals surface area contributed by atoms with Gasteiger partial charge in [-0.15, -0.1) is 8.98 Å². The van der Waals surface area contributed by atoms with Crippen LogP contribution in [-0.4, -0.2) is 23.2 Å². The third kappa shape index (κ3) is 3.01. The van der Waals surface area contributed by atoms with Crippen LogP contribution in [0.5, 0.6) is 0 Å². The molecule has 114 valence electrons. The fraction of sp³-hybridized carbons (Fsp3) is 0.200. The number of alkyl halides is 3. The van der Waals surface area contributed by atoms with Crippen molar-refractivity contribution in [1.29, 1.82) is 0 Å². The lowest BCUT2D eigenvalue weighted by molar-refractivity contribution is -0.144. The Balaban J connectivity index is 2.62. The van der Waals surface area contributed by atoms with Gasteiger partial charge in [0.1, 0.15) is 22.7 Å². The summed E-state index contributed by atoms with van der Waals surface area (Å²) in [6.45, 7) is 1.14. The zero-order chi connectivity index (χ0) is 16.0. The highest BCUT2D eigenvalue weighted by Gasteiger charge is 2.36. The van der Waals surface area contributed by atoms with E-state index in [0.717, 1.165) is 6.92 Å². The smallest absolute Gasteiger partial charge is 0.217 e. The van der Waals surface area contributed by atoms with E-state index in [-0.39, 0.29) is 5.56 Å². The summed E-state index contributed by atoms with van der Waals surface area (Å²) in [5, 5.41) is 2.99. The molecule has 0 aliphatic heterocycles. The average molecular weight is 327 g/mol. The van der Waals surface area contributed by atoms with E-state index < -0.39 is 38.6 Å². The van der Waals surface area contributed by atoms with Gasteiger partial charge in [-0.3, -0.25) is 0 Å². The van der Waals surface area contributed by atoms with E-state index >= 15 is 0 Å². The number of benzene rings is 1. The lowest BCUT2D eigenvalue weighted by atomic mass is 10.2. The maximum atomic E-state index is 13.7. The predicted molar refractivity (Wildman–Crippen MR) is 59.3 cm³/mol.